The monoisotopic (exact) mass is 197 g/mol. The average molecular weight is 198 g/mol. The molecule has 0 aliphatic heterocycles. The maximum absolute atomic E-state index is 8.54. The van der Waals surface area contributed by atoms with E-state index < -0.39 is 0 Å². The van der Waals surface area contributed by atoms with E-state index in [2.05, 4.69) is 18.0 Å². The molecule has 0 aliphatic rings. The molecule has 0 radical (unpaired) electrons. The second-order valence-electron chi connectivity index (χ2n) is 2.86. The quantitative estimate of drug-likeness (QED) is 0.744. The number of aromatic nitrogens is 2. The van der Waals surface area contributed by atoms with Crippen LogP contribution >= 0.6 is 11.6 Å². The third-order valence-corrected chi connectivity index (χ3v) is 2.19. The zero-order valence-corrected chi connectivity index (χ0v) is 8.38. The number of halogens is 1. The van der Waals surface area contributed by atoms with E-state index in [0.29, 0.717) is 11.7 Å². The number of unbranched alkanes of at least 4 members (excludes halogenated alkanes) is 1. The van der Waals surface area contributed by atoms with Gasteiger partial charge in [-0.3, -0.25) is 0 Å². The highest BCUT2D eigenvalue weighted by molar-refractivity contribution is 6.28. The molecule has 0 aliphatic carbocycles. The first-order chi connectivity index (χ1) is 6.29. The molecule has 70 valence electrons. The van der Waals surface area contributed by atoms with Gasteiger partial charge in [0, 0.05) is 6.54 Å². The summed E-state index contributed by atoms with van der Waals surface area (Å²) < 4.78 is 1.90. The molecule has 0 spiro atoms. The summed E-state index contributed by atoms with van der Waals surface area (Å²) in [6.07, 6.45) is 4.22. The topological polar surface area (TPSA) is 41.6 Å². The smallest absolute Gasteiger partial charge is 0.202 e. The molecule has 3 nitrogen and oxygen atoms in total. The summed E-state index contributed by atoms with van der Waals surface area (Å²) in [5, 5.41) is 9.03. The van der Waals surface area contributed by atoms with Crippen LogP contribution in [0.3, 0.4) is 0 Å². The molecule has 0 amide bonds. The van der Waals surface area contributed by atoms with E-state index in [1.807, 2.05) is 4.57 Å². The molecule has 1 rings (SSSR count). The van der Waals surface area contributed by atoms with E-state index in [9.17, 15) is 0 Å². The fourth-order valence-corrected chi connectivity index (χ4v) is 1.40. The maximum Gasteiger partial charge on any atom is 0.202 e. The molecule has 0 unspecified atom stereocenters. The summed E-state index contributed by atoms with van der Waals surface area (Å²) in [4.78, 5) is 3.97. The molecule has 13 heavy (non-hydrogen) atoms. The standard InChI is InChI=1S/C9H12ClN3/c1-2-3-6-13-8(4-5-11)7-12-9(13)10/h7H,2-4,6H2,1H3. The van der Waals surface area contributed by atoms with Gasteiger partial charge < -0.3 is 4.57 Å². The Bertz CT molecular complexity index is 311. The van der Waals surface area contributed by atoms with E-state index in [1.54, 1.807) is 6.20 Å². The van der Waals surface area contributed by atoms with Crippen LogP contribution in [0.25, 0.3) is 0 Å². The lowest BCUT2D eigenvalue weighted by molar-refractivity contribution is 0.615. The number of rotatable bonds is 4. The van der Waals surface area contributed by atoms with Gasteiger partial charge in [-0.15, -0.1) is 0 Å². The van der Waals surface area contributed by atoms with Crippen molar-refractivity contribution in [2.24, 2.45) is 0 Å². The minimum atomic E-state index is 0.378. The second kappa shape index (κ2) is 4.88. The van der Waals surface area contributed by atoms with E-state index in [4.69, 9.17) is 16.9 Å². The first kappa shape index (κ1) is 10.1. The first-order valence-electron chi connectivity index (χ1n) is 4.36. The van der Waals surface area contributed by atoms with Crippen LogP contribution in [0.4, 0.5) is 0 Å². The summed E-state index contributed by atoms with van der Waals surface area (Å²) in [6.45, 7) is 2.97. The fraction of sp³-hybridized carbons (Fsp3) is 0.556. The van der Waals surface area contributed by atoms with Gasteiger partial charge in [0.2, 0.25) is 5.28 Å². The van der Waals surface area contributed by atoms with Crippen molar-refractivity contribution in [3.63, 3.8) is 0 Å². The van der Waals surface area contributed by atoms with E-state index in [0.717, 1.165) is 25.1 Å². The lowest BCUT2D eigenvalue weighted by atomic mass is 10.3. The number of nitrogens with zero attached hydrogens (tertiary/aromatic N) is 3. The minimum Gasteiger partial charge on any atom is -0.318 e. The molecule has 0 saturated carbocycles. The normalized spacial score (nSPS) is 9.92. The fourth-order valence-electron chi connectivity index (χ4n) is 1.16. The Labute approximate surface area is 83.0 Å². The Hall–Kier alpha value is -1.01. The molecule has 4 heteroatoms. The Morgan fingerprint density at radius 1 is 1.69 bits per heavy atom. The zero-order chi connectivity index (χ0) is 9.68. The van der Waals surface area contributed by atoms with E-state index in [-0.39, 0.29) is 0 Å². The molecule has 0 fully saturated rings. The SMILES string of the molecule is CCCCn1c(CC#N)cnc1Cl. The Morgan fingerprint density at radius 2 is 2.46 bits per heavy atom. The summed E-state index contributed by atoms with van der Waals surface area (Å²) in [6, 6.07) is 2.09. The Kier molecular flexibility index (Phi) is 3.78. The molecule has 1 aromatic heterocycles. The van der Waals surface area contributed by atoms with Crippen LogP contribution in [0.2, 0.25) is 5.28 Å². The van der Waals surface area contributed by atoms with Crippen LogP contribution in [0.15, 0.2) is 6.20 Å². The predicted octanol–water partition coefficient (Wildman–Crippen LogP) is 2.40. The van der Waals surface area contributed by atoms with E-state index in [1.165, 1.54) is 0 Å². The number of hydrogen-bond acceptors (Lipinski definition) is 2. The van der Waals surface area contributed by atoms with Crippen LogP contribution in [-0.2, 0) is 13.0 Å². The highest BCUT2D eigenvalue weighted by Crippen LogP contribution is 2.12. The molecule has 0 aromatic carbocycles. The summed E-state index contributed by atoms with van der Waals surface area (Å²) in [5.74, 6) is 0. The van der Waals surface area contributed by atoms with Crippen molar-refractivity contribution in [1.82, 2.24) is 9.55 Å². The third kappa shape index (κ3) is 2.46. The van der Waals surface area contributed by atoms with Gasteiger partial charge in [-0.1, -0.05) is 13.3 Å². The lowest BCUT2D eigenvalue weighted by Crippen LogP contribution is -2.02. The average Bonchev–Trinajstić information content (AvgIpc) is 2.45. The molecular formula is C9H12ClN3. The zero-order valence-electron chi connectivity index (χ0n) is 7.63. The Morgan fingerprint density at radius 3 is 3.08 bits per heavy atom. The van der Waals surface area contributed by atoms with Gasteiger partial charge in [-0.05, 0) is 18.0 Å². The Balaban J connectivity index is 2.76. The van der Waals surface area contributed by atoms with Gasteiger partial charge in [0.15, 0.2) is 0 Å². The largest absolute Gasteiger partial charge is 0.318 e. The number of imidazole rings is 1. The van der Waals surface area contributed by atoms with Gasteiger partial charge in [-0.2, -0.15) is 5.26 Å². The van der Waals surface area contributed by atoms with Crippen LogP contribution in [-0.4, -0.2) is 9.55 Å². The third-order valence-electron chi connectivity index (χ3n) is 1.88. The van der Waals surface area contributed by atoms with Crippen LogP contribution in [0.5, 0.6) is 0 Å². The van der Waals surface area contributed by atoms with Crippen LogP contribution in [0, 0.1) is 11.3 Å². The summed E-state index contributed by atoms with van der Waals surface area (Å²) >= 11 is 5.86. The molecule has 1 heterocycles. The predicted molar refractivity (Wildman–Crippen MR) is 51.5 cm³/mol. The van der Waals surface area contributed by atoms with Crippen molar-refractivity contribution < 1.29 is 0 Å². The van der Waals surface area contributed by atoms with Crippen LogP contribution < -0.4 is 0 Å². The number of nitriles is 1. The van der Waals surface area contributed by atoms with Crippen molar-refractivity contribution >= 4 is 11.6 Å². The van der Waals surface area contributed by atoms with E-state index >= 15 is 0 Å². The minimum absolute atomic E-state index is 0.378. The van der Waals surface area contributed by atoms with Crippen molar-refractivity contribution in [3.8, 4) is 6.07 Å². The first-order valence-corrected chi connectivity index (χ1v) is 4.74. The van der Waals surface area contributed by atoms with Gasteiger partial charge in [-0.25, -0.2) is 4.98 Å². The molecule has 0 bridgehead atoms. The van der Waals surface area contributed by atoms with Crippen molar-refractivity contribution in [2.75, 3.05) is 0 Å². The molecule has 0 saturated heterocycles. The molecule has 0 atom stereocenters. The van der Waals surface area contributed by atoms with Crippen molar-refractivity contribution in [2.45, 2.75) is 32.7 Å². The molecular weight excluding hydrogens is 186 g/mol. The lowest BCUT2D eigenvalue weighted by Gasteiger charge is -2.05. The van der Waals surface area contributed by atoms with Crippen molar-refractivity contribution in [1.29, 1.82) is 5.26 Å². The highest BCUT2D eigenvalue weighted by atomic mass is 35.5. The van der Waals surface area contributed by atoms with Crippen LogP contribution in [0.1, 0.15) is 25.5 Å². The maximum atomic E-state index is 8.54. The van der Waals surface area contributed by atoms with Gasteiger partial charge >= 0.3 is 0 Å². The second-order valence-corrected chi connectivity index (χ2v) is 3.20. The van der Waals surface area contributed by atoms with Gasteiger partial charge in [0.1, 0.15) is 0 Å². The number of hydrogen-bond donors (Lipinski definition) is 0. The van der Waals surface area contributed by atoms with Gasteiger partial charge in [0.25, 0.3) is 0 Å². The summed E-state index contributed by atoms with van der Waals surface area (Å²) in [7, 11) is 0. The summed E-state index contributed by atoms with van der Waals surface area (Å²) in [5.41, 5.74) is 0.904. The molecule has 1 aromatic rings. The van der Waals surface area contributed by atoms with Gasteiger partial charge in [0.05, 0.1) is 24.4 Å². The van der Waals surface area contributed by atoms with Crippen molar-refractivity contribution in [3.05, 3.63) is 17.2 Å². The highest BCUT2D eigenvalue weighted by Gasteiger charge is 2.06. The molecule has 0 N–H and O–H groups in total.